The Labute approximate surface area is 229 Å². The second-order valence-electron chi connectivity index (χ2n) is 9.87. The molecule has 0 aliphatic rings. The third-order valence-corrected chi connectivity index (χ3v) is 7.26. The molecule has 0 aliphatic heterocycles. The van der Waals surface area contributed by atoms with Gasteiger partial charge in [-0.3, -0.25) is 29.0 Å². The van der Waals surface area contributed by atoms with Gasteiger partial charge in [-0.15, -0.1) is 0 Å². The highest BCUT2D eigenvalue weighted by atomic mass is 19.4. The topological polar surface area (TPSA) is 139 Å². The van der Waals surface area contributed by atoms with Crippen LogP contribution in [0.5, 0.6) is 0 Å². The van der Waals surface area contributed by atoms with E-state index < -0.39 is 33.7 Å². The van der Waals surface area contributed by atoms with Crippen LogP contribution in [-0.4, -0.2) is 17.3 Å². The SMILES string of the molecule is Nc1c2c(=O)[nH]c(=O)c2c(NCCCCCCC(=O)c2ccc(C(F)(F)F)cc2)c2c(=O)c3ccccc3c(=O)c12. The molecular weight excluding hydrogens is 539 g/mol. The fraction of sp³-hybridized carbons (Fsp3) is 0.233. The van der Waals surface area contributed by atoms with Gasteiger partial charge >= 0.3 is 6.18 Å². The van der Waals surface area contributed by atoms with E-state index in [9.17, 15) is 37.1 Å². The Bertz CT molecular complexity index is 2020. The number of H-pyrrole nitrogens is 1. The zero-order chi connectivity index (χ0) is 29.5. The molecule has 8 nitrogen and oxygen atoms in total. The smallest absolute Gasteiger partial charge is 0.397 e. The summed E-state index contributed by atoms with van der Waals surface area (Å²) >= 11 is 0. The number of ketones is 1. The Kier molecular flexibility index (Phi) is 7.20. The average Bonchev–Trinajstić information content (AvgIpc) is 3.25. The lowest BCUT2D eigenvalue weighted by molar-refractivity contribution is -0.137. The molecule has 11 heteroatoms. The number of carbonyl (C=O) groups excluding carboxylic acids is 1. The van der Waals surface area contributed by atoms with Crippen LogP contribution in [0, 0.1) is 0 Å². The molecule has 0 amide bonds. The molecule has 4 N–H and O–H groups in total. The molecular formula is C30H24F3N3O5. The van der Waals surface area contributed by atoms with Crippen LogP contribution >= 0.6 is 0 Å². The van der Waals surface area contributed by atoms with Gasteiger partial charge in [0.25, 0.3) is 11.1 Å². The molecule has 0 fully saturated rings. The van der Waals surface area contributed by atoms with Crippen molar-refractivity contribution in [2.24, 2.45) is 0 Å². The Morgan fingerprint density at radius 3 is 1.98 bits per heavy atom. The van der Waals surface area contributed by atoms with Gasteiger partial charge < -0.3 is 11.1 Å². The summed E-state index contributed by atoms with van der Waals surface area (Å²) in [6, 6.07) is 10.4. The van der Waals surface area contributed by atoms with Gasteiger partial charge in [0.15, 0.2) is 16.6 Å². The second-order valence-corrected chi connectivity index (χ2v) is 9.87. The van der Waals surface area contributed by atoms with E-state index in [-0.39, 0.29) is 61.5 Å². The van der Waals surface area contributed by atoms with E-state index in [4.69, 9.17) is 5.73 Å². The van der Waals surface area contributed by atoms with E-state index >= 15 is 0 Å². The van der Waals surface area contributed by atoms with Crippen molar-refractivity contribution in [3.63, 3.8) is 0 Å². The summed E-state index contributed by atoms with van der Waals surface area (Å²) in [6.45, 7) is 0.292. The van der Waals surface area contributed by atoms with Gasteiger partial charge in [0.05, 0.1) is 38.5 Å². The zero-order valence-corrected chi connectivity index (χ0v) is 21.6. The Hall–Kier alpha value is -4.80. The molecule has 4 aromatic carbocycles. The molecule has 1 heterocycles. The number of nitrogen functional groups attached to an aromatic ring is 1. The summed E-state index contributed by atoms with van der Waals surface area (Å²) in [5.41, 5.74) is 3.01. The van der Waals surface area contributed by atoms with E-state index in [1.807, 2.05) is 0 Å². The quantitative estimate of drug-likeness (QED) is 0.0781. The minimum Gasteiger partial charge on any atom is -0.397 e. The third kappa shape index (κ3) is 4.99. The zero-order valence-electron chi connectivity index (χ0n) is 21.6. The molecule has 0 unspecified atom stereocenters. The van der Waals surface area contributed by atoms with Gasteiger partial charge in [-0.1, -0.05) is 49.2 Å². The number of hydrogen-bond acceptors (Lipinski definition) is 7. The number of hydrogen-bond donors (Lipinski definition) is 3. The first kappa shape index (κ1) is 27.8. The van der Waals surface area contributed by atoms with Crippen LogP contribution in [0.15, 0.2) is 67.7 Å². The van der Waals surface area contributed by atoms with E-state index in [1.54, 1.807) is 12.1 Å². The molecule has 210 valence electrons. The van der Waals surface area contributed by atoms with Crippen molar-refractivity contribution in [1.29, 1.82) is 0 Å². The van der Waals surface area contributed by atoms with Gasteiger partial charge in [-0.25, -0.2) is 0 Å². The number of anilines is 2. The molecule has 0 spiro atoms. The lowest BCUT2D eigenvalue weighted by Gasteiger charge is -2.13. The van der Waals surface area contributed by atoms with Crippen molar-refractivity contribution in [1.82, 2.24) is 4.98 Å². The van der Waals surface area contributed by atoms with Crippen molar-refractivity contribution in [2.75, 3.05) is 17.6 Å². The van der Waals surface area contributed by atoms with Crippen LogP contribution in [0.2, 0.25) is 0 Å². The average molecular weight is 564 g/mol. The van der Waals surface area contributed by atoms with Crippen molar-refractivity contribution in [3.05, 3.63) is 101 Å². The molecule has 0 aliphatic carbocycles. The normalized spacial score (nSPS) is 12.0. The highest BCUT2D eigenvalue weighted by Crippen LogP contribution is 2.33. The number of carbonyl (C=O) groups is 1. The highest BCUT2D eigenvalue weighted by molar-refractivity contribution is 6.21. The second kappa shape index (κ2) is 10.6. The lowest BCUT2D eigenvalue weighted by Crippen LogP contribution is -2.18. The number of nitrogens with two attached hydrogens (primary N) is 1. The predicted octanol–water partition coefficient (Wildman–Crippen LogP) is 4.64. The fourth-order valence-corrected chi connectivity index (χ4v) is 5.22. The lowest BCUT2D eigenvalue weighted by atomic mass is 9.96. The molecule has 0 bridgehead atoms. The van der Waals surface area contributed by atoms with Crippen molar-refractivity contribution >= 4 is 49.5 Å². The minimum atomic E-state index is -4.46. The van der Waals surface area contributed by atoms with Crippen LogP contribution in [0.1, 0.15) is 48.0 Å². The van der Waals surface area contributed by atoms with Crippen LogP contribution in [-0.2, 0) is 6.18 Å². The number of Topliss-reactive ketones (excluding diaryl/α,β-unsaturated/α-hetero) is 1. The van der Waals surface area contributed by atoms with Gasteiger partial charge in [0.1, 0.15) is 0 Å². The standard InChI is InChI=1S/C30H24F3N3O5/c31-30(32,33)16-12-10-15(11-13-16)19(37)9-3-1-2-6-14-35-25-22-20(24(34)21-23(25)29(41)36-28(21)40)26(38)17-7-4-5-8-18(17)27(22)39/h4-5,7-8,10-13,35H,1-3,6,9,14,34H2,(H,36,40,41). The van der Waals surface area contributed by atoms with Crippen LogP contribution in [0.25, 0.3) is 32.3 Å². The van der Waals surface area contributed by atoms with Crippen molar-refractivity contribution in [2.45, 2.75) is 38.3 Å². The van der Waals surface area contributed by atoms with Gasteiger partial charge in [-0.05, 0) is 25.0 Å². The molecule has 5 rings (SSSR count). The molecule has 0 radical (unpaired) electrons. The summed E-state index contributed by atoms with van der Waals surface area (Å²) in [4.78, 5) is 66.5. The van der Waals surface area contributed by atoms with Gasteiger partial charge in [-0.2, -0.15) is 13.2 Å². The predicted molar refractivity (Wildman–Crippen MR) is 153 cm³/mol. The number of rotatable bonds is 9. The minimum absolute atomic E-state index is 0.0445. The third-order valence-electron chi connectivity index (χ3n) is 7.26. The number of fused-ring (bicyclic) bond motifs is 3. The molecule has 0 saturated heterocycles. The maximum absolute atomic E-state index is 13.5. The molecule has 1 aromatic heterocycles. The Morgan fingerprint density at radius 1 is 0.756 bits per heavy atom. The Balaban J connectivity index is 1.31. The maximum Gasteiger partial charge on any atom is 0.416 e. The number of alkyl halides is 3. The summed E-state index contributed by atoms with van der Waals surface area (Å²) in [5, 5.41) is 3.05. The summed E-state index contributed by atoms with van der Waals surface area (Å²) in [5.74, 6) is -0.250. The fourth-order valence-electron chi connectivity index (χ4n) is 5.22. The summed E-state index contributed by atoms with van der Waals surface area (Å²) < 4.78 is 38.1. The van der Waals surface area contributed by atoms with E-state index in [0.29, 0.717) is 32.2 Å². The van der Waals surface area contributed by atoms with Crippen LogP contribution in [0.4, 0.5) is 24.5 Å². The highest BCUT2D eigenvalue weighted by Gasteiger charge is 2.30. The number of nitrogens with one attached hydrogen (secondary N) is 2. The number of unbranched alkanes of at least 4 members (excludes halogenated alkanes) is 3. The largest absolute Gasteiger partial charge is 0.416 e. The molecule has 0 atom stereocenters. The number of halogens is 3. The van der Waals surface area contributed by atoms with E-state index in [0.717, 1.165) is 12.1 Å². The first-order chi connectivity index (χ1) is 19.5. The van der Waals surface area contributed by atoms with E-state index in [1.165, 1.54) is 24.3 Å². The monoisotopic (exact) mass is 563 g/mol. The number of aromatic nitrogens is 1. The molecule has 0 saturated carbocycles. The van der Waals surface area contributed by atoms with Crippen LogP contribution in [0.3, 0.4) is 0 Å². The Morgan fingerprint density at radius 2 is 1.34 bits per heavy atom. The van der Waals surface area contributed by atoms with E-state index in [2.05, 4.69) is 10.3 Å². The molecule has 5 aromatic rings. The molecule has 41 heavy (non-hydrogen) atoms. The van der Waals surface area contributed by atoms with Gasteiger partial charge in [0, 0.05) is 29.3 Å². The van der Waals surface area contributed by atoms with Crippen molar-refractivity contribution in [3.8, 4) is 0 Å². The first-order valence-corrected chi connectivity index (χ1v) is 13.0. The van der Waals surface area contributed by atoms with Gasteiger partial charge in [0.2, 0.25) is 0 Å². The summed E-state index contributed by atoms with van der Waals surface area (Å²) in [7, 11) is 0. The van der Waals surface area contributed by atoms with Crippen molar-refractivity contribution < 1.29 is 18.0 Å². The van der Waals surface area contributed by atoms with Crippen LogP contribution < -0.4 is 33.0 Å². The summed E-state index contributed by atoms with van der Waals surface area (Å²) in [6.07, 6.45) is -1.89. The number of benzene rings is 4. The first-order valence-electron chi connectivity index (χ1n) is 13.0. The number of aromatic amines is 1. The maximum atomic E-state index is 13.5.